The predicted molar refractivity (Wildman–Crippen MR) is 334 cm³/mol. The van der Waals surface area contributed by atoms with Crippen molar-refractivity contribution in [2.75, 3.05) is 102 Å². The number of anilines is 2. The monoisotopic (exact) mass is 1200 g/mol. The predicted octanol–water partition coefficient (Wildman–Crippen LogP) is 11.3. The lowest BCUT2D eigenvalue weighted by Crippen LogP contribution is -2.50. The quantitative estimate of drug-likeness (QED) is 0.0514. The molecule has 0 radical (unpaired) electrons. The Balaban J connectivity index is 0.746. The second-order valence-corrected chi connectivity index (χ2v) is 32.4. The van der Waals surface area contributed by atoms with Crippen molar-refractivity contribution in [2.24, 2.45) is 16.7 Å². The molecular formula is C67H87F2N9O7Si. The lowest BCUT2D eigenvalue weighted by molar-refractivity contribution is -0.120. The summed E-state index contributed by atoms with van der Waals surface area (Å²) in [6, 6.07) is 11.7. The molecule has 6 aliphatic rings. The summed E-state index contributed by atoms with van der Waals surface area (Å²) in [5.41, 5.74) is 7.45. The van der Waals surface area contributed by atoms with Crippen LogP contribution in [0, 0.1) is 46.8 Å². The largest absolute Gasteiger partial charge is 0.468 e. The normalized spacial score (nSPS) is 20.5. The first-order valence-corrected chi connectivity index (χ1v) is 33.8. The highest BCUT2D eigenvalue weighted by molar-refractivity contribution is 6.90. The van der Waals surface area contributed by atoms with Crippen LogP contribution in [0.1, 0.15) is 134 Å². The standard InChI is InChI=1S/C67H87F2N9O7Si/c1-43(2)86(44(3)4,45(5)6)33-18-52-55(68)14-13-48-34-51(85-42-83-8)36-53(58(48)52)60-59(69)61-54(37-70-60)62(77-25-9-10-50(79)39-77)73-64(72-61)84-41-67(21-22-67)40-75-31-29-74(30-32-75)38-47-15-19-66(20-16-47)23-27-76(28-24-66)63(81)49-12-11-46(7)56(35-49)78-26-17-57(80)71-65(78)82/h11-14,34-37,43-45,47,50,79H,9-10,15-17,19-32,38-42H2,1-8H3,(H,71,80,82)/t50-/m1/s1. The minimum Gasteiger partial charge on any atom is -0.468 e. The molecule has 2 aliphatic carbocycles. The van der Waals surface area contributed by atoms with E-state index in [0.29, 0.717) is 99.7 Å². The number of nitrogens with zero attached hydrogens (tertiary/aromatic N) is 8. The van der Waals surface area contributed by atoms with Gasteiger partial charge in [-0.15, -0.1) is 5.54 Å². The zero-order chi connectivity index (χ0) is 60.7. The van der Waals surface area contributed by atoms with E-state index in [1.54, 1.807) is 35.4 Å². The number of hydrogen-bond acceptors (Lipinski definition) is 13. The Bertz CT molecular complexity index is 3390. The summed E-state index contributed by atoms with van der Waals surface area (Å²) in [5.74, 6) is 3.38. The average Bonchev–Trinajstić information content (AvgIpc) is 2.03. The van der Waals surface area contributed by atoms with Crippen LogP contribution in [0.4, 0.5) is 25.1 Å². The fourth-order valence-electron chi connectivity index (χ4n) is 15.1. The molecule has 0 bridgehead atoms. The number of carbonyl (C=O) groups excluding carboxylic acids is 3. The van der Waals surface area contributed by atoms with E-state index in [4.69, 9.17) is 29.2 Å². The van der Waals surface area contributed by atoms with Crippen LogP contribution in [0.5, 0.6) is 11.8 Å². The molecule has 6 fully saturated rings. The minimum absolute atomic E-state index is 0.00336. The van der Waals surface area contributed by atoms with Gasteiger partial charge in [-0.25, -0.2) is 13.6 Å². The number of halogens is 2. The van der Waals surface area contributed by atoms with Gasteiger partial charge in [-0.3, -0.25) is 24.8 Å². The highest BCUT2D eigenvalue weighted by atomic mass is 28.3. The van der Waals surface area contributed by atoms with E-state index in [-0.39, 0.29) is 58.6 Å². The van der Waals surface area contributed by atoms with E-state index < -0.39 is 31.8 Å². The molecule has 11 rings (SSSR count). The highest BCUT2D eigenvalue weighted by Crippen LogP contribution is 2.49. The number of imide groups is 1. The number of benzene rings is 3. The Morgan fingerprint density at radius 1 is 0.849 bits per heavy atom. The summed E-state index contributed by atoms with van der Waals surface area (Å²) >= 11 is 0. The van der Waals surface area contributed by atoms with Gasteiger partial charge in [-0.05, 0) is 140 Å². The lowest BCUT2D eigenvalue weighted by atomic mass is 9.65. The lowest BCUT2D eigenvalue weighted by Gasteiger charge is -2.47. The average molecular weight is 1200 g/mol. The molecule has 16 nitrogen and oxygen atoms in total. The Hall–Kier alpha value is -6.30. The van der Waals surface area contributed by atoms with Crippen LogP contribution < -0.4 is 24.6 Å². The third-order valence-corrected chi connectivity index (χ3v) is 26.6. The summed E-state index contributed by atoms with van der Waals surface area (Å²) in [4.78, 5) is 63.5. The number of methoxy groups -OCH3 is 1. The van der Waals surface area contributed by atoms with Crippen LogP contribution in [0.25, 0.3) is 32.9 Å². The first-order chi connectivity index (χ1) is 41.3. The van der Waals surface area contributed by atoms with Crippen molar-refractivity contribution >= 4 is 59.1 Å². The van der Waals surface area contributed by atoms with Gasteiger partial charge in [0.2, 0.25) is 5.91 Å². The molecule has 0 unspecified atom stereocenters. The van der Waals surface area contributed by atoms with Crippen LogP contribution in [-0.4, -0.2) is 159 Å². The summed E-state index contributed by atoms with van der Waals surface area (Å²) in [7, 11) is -0.798. The van der Waals surface area contributed by atoms with Crippen LogP contribution in [0.3, 0.4) is 0 Å². The van der Waals surface area contributed by atoms with Gasteiger partial charge in [0, 0.05) is 119 Å². The number of urea groups is 1. The number of nitrogens with one attached hydrogen (secondary N) is 1. The number of aliphatic hydroxyl groups is 1. The smallest absolute Gasteiger partial charge is 0.328 e. The van der Waals surface area contributed by atoms with E-state index >= 15 is 8.78 Å². The number of fused-ring (bicyclic) bond motifs is 2. The number of β-amino-alcohol motifs (C(OH)–C–C–N with tert-alkyl or cyclic N) is 1. The topological polar surface area (TPSA) is 166 Å². The number of rotatable bonds is 17. The van der Waals surface area contributed by atoms with Gasteiger partial charge in [0.05, 0.1) is 23.7 Å². The zero-order valence-electron chi connectivity index (χ0n) is 51.7. The van der Waals surface area contributed by atoms with E-state index in [1.165, 1.54) is 38.9 Å². The van der Waals surface area contributed by atoms with Gasteiger partial charge in [0.1, 0.15) is 36.7 Å². The number of piperazine rings is 1. The molecule has 460 valence electrons. The number of likely N-dealkylation sites (tertiary alicyclic amines) is 1. The number of aliphatic hydroxyl groups excluding tert-OH is 1. The zero-order valence-corrected chi connectivity index (χ0v) is 52.7. The van der Waals surface area contributed by atoms with Crippen LogP contribution in [0.15, 0.2) is 48.7 Å². The summed E-state index contributed by atoms with van der Waals surface area (Å²) in [6.07, 6.45) is 11.4. The first kappa shape index (κ1) is 61.3. The fourth-order valence-corrected chi connectivity index (χ4v) is 20.3. The third kappa shape index (κ3) is 12.7. The van der Waals surface area contributed by atoms with Gasteiger partial charge >= 0.3 is 12.0 Å². The van der Waals surface area contributed by atoms with Crippen molar-refractivity contribution in [1.29, 1.82) is 0 Å². The molecule has 2 N–H and O–H groups in total. The molecule has 5 aromatic rings. The molecule has 2 aromatic heterocycles. The molecular weight excluding hydrogens is 1110 g/mol. The molecule has 4 amide bonds. The Morgan fingerprint density at radius 2 is 1.57 bits per heavy atom. The molecule has 4 saturated heterocycles. The molecule has 4 aliphatic heterocycles. The number of aryl methyl sites for hydroxylation is 1. The molecule has 6 heterocycles. The van der Waals surface area contributed by atoms with Gasteiger partial charge < -0.3 is 38.9 Å². The number of ether oxygens (including phenoxy) is 3. The first-order valence-electron chi connectivity index (χ1n) is 31.6. The number of carbonyl (C=O) groups is 3. The molecule has 19 heteroatoms. The summed E-state index contributed by atoms with van der Waals surface area (Å²) in [6.45, 7) is 24.2. The van der Waals surface area contributed by atoms with Crippen molar-refractivity contribution in [3.63, 3.8) is 0 Å². The van der Waals surface area contributed by atoms with Gasteiger partial charge in [-0.2, -0.15) is 9.97 Å². The third-order valence-electron chi connectivity index (χ3n) is 20.3. The maximum absolute atomic E-state index is 17.9. The van der Waals surface area contributed by atoms with Crippen LogP contribution in [0.2, 0.25) is 16.6 Å². The van der Waals surface area contributed by atoms with Gasteiger partial charge in [0.25, 0.3) is 5.91 Å². The van der Waals surface area contributed by atoms with E-state index in [2.05, 4.69) is 68.1 Å². The minimum atomic E-state index is -2.32. The van der Waals surface area contributed by atoms with E-state index in [1.807, 2.05) is 28.9 Å². The van der Waals surface area contributed by atoms with E-state index in [0.717, 1.165) is 90.0 Å². The summed E-state index contributed by atoms with van der Waals surface area (Å²) in [5, 5.41) is 14.7. The summed E-state index contributed by atoms with van der Waals surface area (Å²) < 4.78 is 52.2. The number of piperidine rings is 2. The number of pyridine rings is 1. The maximum Gasteiger partial charge on any atom is 0.328 e. The van der Waals surface area contributed by atoms with Crippen molar-refractivity contribution in [3.05, 3.63) is 77.0 Å². The van der Waals surface area contributed by atoms with Crippen molar-refractivity contribution in [2.45, 2.75) is 142 Å². The molecule has 1 spiro atoms. The van der Waals surface area contributed by atoms with Gasteiger partial charge in [-0.1, -0.05) is 59.6 Å². The van der Waals surface area contributed by atoms with Gasteiger partial charge in [0.15, 0.2) is 12.6 Å². The number of hydrogen-bond donors (Lipinski definition) is 2. The SMILES string of the molecule is COCOc1cc(-c2ncc3c(N4CCC[C@@H](O)C4)nc(OCC4(CN5CCN(CC6CCC7(CC6)CCN(C(=O)c6ccc(C)c(N8CCC(=O)NC8=O)c6)CC7)CC5)CC4)nc3c2F)c2c(C#C[Si](C(C)C)(C(C)C)C(C)C)c(F)ccc2c1. The molecule has 2 saturated carbocycles. The molecule has 3 aromatic carbocycles. The maximum atomic E-state index is 17.9. The fraction of sp³-hybridized carbons (Fsp3) is 0.582. The Morgan fingerprint density at radius 3 is 2.24 bits per heavy atom. The molecule has 1 atom stereocenters. The number of amides is 4. The van der Waals surface area contributed by atoms with Crippen molar-refractivity contribution in [3.8, 4) is 34.5 Å². The van der Waals surface area contributed by atoms with Crippen LogP contribution in [-0.2, 0) is 9.53 Å². The van der Waals surface area contributed by atoms with Crippen LogP contribution >= 0.6 is 0 Å². The highest BCUT2D eigenvalue weighted by Gasteiger charge is 2.46. The van der Waals surface area contributed by atoms with Crippen molar-refractivity contribution < 1.29 is 42.5 Å². The van der Waals surface area contributed by atoms with Crippen molar-refractivity contribution in [1.82, 2.24) is 35.0 Å². The number of aromatic nitrogens is 3. The Labute approximate surface area is 506 Å². The van der Waals surface area contributed by atoms with E-state index in [9.17, 15) is 19.5 Å². The Kier molecular flexibility index (Phi) is 18.1. The molecule has 86 heavy (non-hydrogen) atoms. The second kappa shape index (κ2) is 25.4. The second-order valence-electron chi connectivity index (χ2n) is 26.8.